The van der Waals surface area contributed by atoms with E-state index in [-0.39, 0.29) is 29.1 Å². The third-order valence-corrected chi connectivity index (χ3v) is 5.77. The van der Waals surface area contributed by atoms with Crippen LogP contribution < -0.4 is 10.5 Å². The summed E-state index contributed by atoms with van der Waals surface area (Å²) in [6, 6.07) is 4.48. The van der Waals surface area contributed by atoms with Crippen LogP contribution in [0.4, 0.5) is 5.69 Å². The van der Waals surface area contributed by atoms with Gasteiger partial charge in [-0.25, -0.2) is 13.1 Å². The number of aliphatic hydroxyl groups is 1. The Hall–Kier alpha value is -0.630. The molecule has 112 valence electrons. The number of anilines is 1. The van der Waals surface area contributed by atoms with Crippen LogP contribution in [0.3, 0.4) is 0 Å². The van der Waals surface area contributed by atoms with E-state index in [4.69, 9.17) is 5.73 Å². The first-order valence-corrected chi connectivity index (χ1v) is 8.90. The van der Waals surface area contributed by atoms with Crippen molar-refractivity contribution >= 4 is 31.6 Å². The van der Waals surface area contributed by atoms with Crippen molar-refractivity contribution < 1.29 is 13.5 Å². The smallest absolute Gasteiger partial charge is 0.242 e. The number of hydrogen-bond donors (Lipinski definition) is 3. The van der Waals surface area contributed by atoms with Crippen molar-refractivity contribution in [2.45, 2.75) is 36.6 Å². The Morgan fingerprint density at radius 1 is 1.35 bits per heavy atom. The third kappa shape index (κ3) is 3.52. The van der Waals surface area contributed by atoms with E-state index in [9.17, 15) is 13.5 Å². The Labute approximate surface area is 127 Å². The van der Waals surface area contributed by atoms with Gasteiger partial charge in [0.15, 0.2) is 0 Å². The largest absolute Gasteiger partial charge is 0.398 e. The number of rotatable bonds is 4. The van der Waals surface area contributed by atoms with Gasteiger partial charge in [-0.1, -0.05) is 28.8 Å². The fourth-order valence-electron chi connectivity index (χ4n) is 2.61. The highest BCUT2D eigenvalue weighted by atomic mass is 79.9. The molecular weight excluding hydrogens is 344 g/mol. The van der Waals surface area contributed by atoms with Crippen LogP contribution in [0.25, 0.3) is 0 Å². The van der Waals surface area contributed by atoms with Crippen LogP contribution in [0.1, 0.15) is 25.7 Å². The van der Waals surface area contributed by atoms with Crippen molar-refractivity contribution in [1.29, 1.82) is 0 Å². The van der Waals surface area contributed by atoms with Gasteiger partial charge in [0.1, 0.15) is 4.90 Å². The highest BCUT2D eigenvalue weighted by Gasteiger charge is 2.29. The van der Waals surface area contributed by atoms with Crippen LogP contribution in [-0.2, 0) is 10.0 Å². The maximum atomic E-state index is 12.4. The van der Waals surface area contributed by atoms with Gasteiger partial charge < -0.3 is 10.8 Å². The van der Waals surface area contributed by atoms with E-state index in [0.29, 0.717) is 0 Å². The number of benzene rings is 1. The molecule has 0 heterocycles. The number of nitrogens with two attached hydrogens (primary N) is 1. The predicted molar refractivity (Wildman–Crippen MR) is 81.7 cm³/mol. The second kappa shape index (κ2) is 6.43. The third-order valence-electron chi connectivity index (χ3n) is 3.71. The van der Waals surface area contributed by atoms with Crippen LogP contribution in [0, 0.1) is 5.92 Å². The minimum Gasteiger partial charge on any atom is -0.398 e. The summed E-state index contributed by atoms with van der Waals surface area (Å²) in [4.78, 5) is 0.0861. The number of sulfonamides is 1. The predicted octanol–water partition coefficient (Wildman–Crippen LogP) is 1.86. The fraction of sp³-hybridized carbons (Fsp3) is 0.538. The van der Waals surface area contributed by atoms with Crippen molar-refractivity contribution in [3.63, 3.8) is 0 Å². The zero-order chi connectivity index (χ0) is 14.8. The molecule has 4 N–H and O–H groups in total. The molecule has 2 unspecified atom stereocenters. The quantitative estimate of drug-likeness (QED) is 0.712. The topological polar surface area (TPSA) is 92.4 Å². The number of nitrogen functional groups attached to an aromatic ring is 1. The molecule has 20 heavy (non-hydrogen) atoms. The molecular formula is C13H19BrN2O3S. The molecule has 0 saturated heterocycles. The van der Waals surface area contributed by atoms with Crippen molar-refractivity contribution in [2.24, 2.45) is 5.92 Å². The van der Waals surface area contributed by atoms with Gasteiger partial charge in [0.2, 0.25) is 10.0 Å². The number of nitrogens with one attached hydrogen (secondary N) is 1. The van der Waals surface area contributed by atoms with Gasteiger partial charge in [-0.05, 0) is 37.0 Å². The molecule has 1 aliphatic rings. The summed E-state index contributed by atoms with van der Waals surface area (Å²) in [7, 11) is -3.66. The molecule has 1 saturated carbocycles. The van der Waals surface area contributed by atoms with E-state index in [0.717, 1.165) is 30.2 Å². The Morgan fingerprint density at radius 3 is 2.70 bits per heavy atom. The highest BCUT2D eigenvalue weighted by Crippen LogP contribution is 2.27. The number of aliphatic hydroxyl groups excluding tert-OH is 1. The van der Waals surface area contributed by atoms with Crippen molar-refractivity contribution in [3.05, 3.63) is 22.7 Å². The lowest BCUT2D eigenvalue weighted by Crippen LogP contribution is -2.43. The Kier molecular flexibility index (Phi) is 5.06. The van der Waals surface area contributed by atoms with E-state index in [1.807, 2.05) is 0 Å². The maximum Gasteiger partial charge on any atom is 0.242 e. The number of hydrogen-bond acceptors (Lipinski definition) is 4. The van der Waals surface area contributed by atoms with Gasteiger partial charge in [0, 0.05) is 17.1 Å². The first kappa shape index (κ1) is 15.8. The van der Waals surface area contributed by atoms with Gasteiger partial charge in [-0.15, -0.1) is 0 Å². The molecule has 2 rings (SSSR count). The highest BCUT2D eigenvalue weighted by molar-refractivity contribution is 9.10. The van der Waals surface area contributed by atoms with E-state index in [2.05, 4.69) is 20.7 Å². The zero-order valence-corrected chi connectivity index (χ0v) is 13.5. The summed E-state index contributed by atoms with van der Waals surface area (Å²) in [5, 5.41) is 9.35. The molecule has 0 spiro atoms. The van der Waals surface area contributed by atoms with Gasteiger partial charge in [0.05, 0.1) is 5.69 Å². The van der Waals surface area contributed by atoms with Crippen LogP contribution in [0.5, 0.6) is 0 Å². The van der Waals surface area contributed by atoms with Gasteiger partial charge in [-0.3, -0.25) is 0 Å². The minimum atomic E-state index is -3.66. The minimum absolute atomic E-state index is 0.00298. The first-order chi connectivity index (χ1) is 9.44. The molecule has 0 amide bonds. The van der Waals surface area contributed by atoms with Crippen molar-refractivity contribution in [3.8, 4) is 0 Å². The lowest BCUT2D eigenvalue weighted by atomic mass is 9.86. The molecule has 1 fully saturated rings. The second-order valence-electron chi connectivity index (χ2n) is 5.14. The molecule has 0 bridgehead atoms. The van der Waals surface area contributed by atoms with Crippen molar-refractivity contribution in [2.75, 3.05) is 12.3 Å². The van der Waals surface area contributed by atoms with Gasteiger partial charge >= 0.3 is 0 Å². The average Bonchev–Trinajstić information content (AvgIpc) is 2.38. The summed E-state index contributed by atoms with van der Waals surface area (Å²) in [6.07, 6.45) is 3.60. The summed E-state index contributed by atoms with van der Waals surface area (Å²) < 4.78 is 28.2. The maximum absolute atomic E-state index is 12.4. The lowest BCUT2D eigenvalue weighted by Gasteiger charge is -2.30. The molecule has 7 heteroatoms. The Balaban J connectivity index is 2.22. The zero-order valence-electron chi connectivity index (χ0n) is 11.0. The van der Waals surface area contributed by atoms with Crippen LogP contribution >= 0.6 is 15.9 Å². The monoisotopic (exact) mass is 362 g/mol. The normalized spacial score (nSPS) is 23.7. The standard InChI is InChI=1S/C13H19BrN2O3S/c14-10-5-6-13(11(15)7-10)20(18,19)16-12-4-2-1-3-9(12)8-17/h5-7,9,12,16-17H,1-4,8,15H2. The second-order valence-corrected chi connectivity index (χ2v) is 7.74. The van der Waals surface area contributed by atoms with Crippen LogP contribution in [-0.4, -0.2) is 26.2 Å². The van der Waals surface area contributed by atoms with E-state index in [1.165, 1.54) is 6.07 Å². The van der Waals surface area contributed by atoms with Gasteiger partial charge in [0.25, 0.3) is 0 Å². The SMILES string of the molecule is Nc1cc(Br)ccc1S(=O)(=O)NC1CCCCC1CO. The van der Waals surface area contributed by atoms with Crippen molar-refractivity contribution in [1.82, 2.24) is 4.72 Å². The molecule has 0 radical (unpaired) electrons. The van der Waals surface area contributed by atoms with Gasteiger partial charge in [-0.2, -0.15) is 0 Å². The average molecular weight is 363 g/mol. The van der Waals surface area contributed by atoms with E-state index in [1.54, 1.807) is 12.1 Å². The summed E-state index contributed by atoms with van der Waals surface area (Å²) >= 11 is 3.25. The van der Waals surface area contributed by atoms with E-state index < -0.39 is 10.0 Å². The molecule has 1 aliphatic carbocycles. The lowest BCUT2D eigenvalue weighted by molar-refractivity contribution is 0.164. The summed E-state index contributed by atoms with van der Waals surface area (Å²) in [5.74, 6) is -0.0183. The fourth-order valence-corrected chi connectivity index (χ4v) is 4.44. The molecule has 0 aliphatic heterocycles. The molecule has 1 aromatic rings. The Bertz CT molecular complexity index is 577. The Morgan fingerprint density at radius 2 is 2.05 bits per heavy atom. The molecule has 5 nitrogen and oxygen atoms in total. The molecule has 2 atom stereocenters. The molecule has 0 aromatic heterocycles. The van der Waals surface area contributed by atoms with E-state index >= 15 is 0 Å². The summed E-state index contributed by atoms with van der Waals surface area (Å²) in [5.41, 5.74) is 5.99. The van der Waals surface area contributed by atoms with Crippen LogP contribution in [0.15, 0.2) is 27.6 Å². The summed E-state index contributed by atoms with van der Waals surface area (Å²) in [6.45, 7) is 0.00298. The first-order valence-electron chi connectivity index (χ1n) is 6.62. The number of halogens is 1. The van der Waals surface area contributed by atoms with Crippen LogP contribution in [0.2, 0.25) is 0 Å². The molecule has 1 aromatic carbocycles.